The summed E-state index contributed by atoms with van der Waals surface area (Å²) in [5.74, 6) is -0.842. The van der Waals surface area contributed by atoms with Gasteiger partial charge in [0, 0.05) is 26.2 Å². The first-order valence-corrected chi connectivity index (χ1v) is 19.6. The highest BCUT2D eigenvalue weighted by Crippen LogP contribution is 2.29. The van der Waals surface area contributed by atoms with Gasteiger partial charge >= 0.3 is 17.9 Å². The maximum absolute atomic E-state index is 12.6. The maximum atomic E-state index is 12.6. The highest BCUT2D eigenvalue weighted by molar-refractivity contribution is 5.75. The van der Waals surface area contributed by atoms with Crippen LogP contribution in [0.1, 0.15) is 49.4 Å². The quantitative estimate of drug-likeness (QED) is 0.102. The molecule has 2 heterocycles. The van der Waals surface area contributed by atoms with E-state index < -0.39 is 60.8 Å². The van der Waals surface area contributed by atoms with Crippen molar-refractivity contribution in [3.63, 3.8) is 0 Å². The van der Waals surface area contributed by atoms with Gasteiger partial charge in [-0.05, 0) is 34.4 Å². The van der Waals surface area contributed by atoms with Crippen LogP contribution in [-0.2, 0) is 78.7 Å². The Labute approximate surface area is 345 Å². The Morgan fingerprint density at radius 3 is 1.71 bits per heavy atom. The van der Waals surface area contributed by atoms with Crippen LogP contribution in [0.3, 0.4) is 0 Å². The van der Waals surface area contributed by atoms with E-state index >= 15 is 0 Å². The molecule has 2 saturated heterocycles. The number of esters is 3. The number of hydrogen-bond donors (Lipinski definition) is 1. The zero-order chi connectivity index (χ0) is 42.0. The van der Waals surface area contributed by atoms with Crippen LogP contribution in [0.15, 0.2) is 115 Å². The number of carbonyl (C=O) groups excluding carboxylic acids is 3. The van der Waals surface area contributed by atoms with E-state index in [2.05, 4.69) is 0 Å². The summed E-state index contributed by atoms with van der Waals surface area (Å²) in [5.41, 5.74) is 3.85. The number of aliphatic hydroxyl groups is 1. The predicted octanol–water partition coefficient (Wildman–Crippen LogP) is 6.12. The van der Waals surface area contributed by atoms with Crippen LogP contribution < -0.4 is 4.74 Å². The zero-order valence-corrected chi connectivity index (χ0v) is 33.9. The van der Waals surface area contributed by atoms with E-state index in [-0.39, 0.29) is 32.3 Å². The Kier molecular flexibility index (Phi) is 17.9. The number of rotatable bonds is 16. The van der Waals surface area contributed by atoms with Gasteiger partial charge < -0.3 is 47.7 Å². The van der Waals surface area contributed by atoms with Crippen LogP contribution >= 0.6 is 0 Å². The van der Waals surface area contributed by atoms with Crippen LogP contribution in [0.25, 0.3) is 0 Å². The van der Waals surface area contributed by atoms with Gasteiger partial charge in [-0.1, -0.05) is 110 Å². The molecule has 2 fully saturated rings. The molecular weight excluding hydrogens is 760 g/mol. The lowest BCUT2D eigenvalue weighted by molar-refractivity contribution is -0.276. The standard InChI is InChI=1S/C23H28O7.C23H26O6/c1-16(24)27-15-20-12-21(28-13-17-6-4-3-5-7-17)22(23(25)30-20)29-14-18-8-10-19(26-2)11-9-18;1-16-21(26-13-18-9-5-3-6-10-18)20(29-17(2)24)15-27-22(16)23(25)28-14-19-11-7-4-8-12-19/h3-11,20-23,25H,12-15H2,1-2H3;3-12,16,20-22H,13-15H2,1-2H3/t20?,21-,22?,23?;16-,20?,21+,22?/m10/s1. The predicted molar refractivity (Wildman–Crippen MR) is 214 cm³/mol. The lowest BCUT2D eigenvalue weighted by atomic mass is 9.91. The first-order valence-electron chi connectivity index (χ1n) is 19.6. The summed E-state index contributed by atoms with van der Waals surface area (Å²) in [7, 11) is 1.61. The molecule has 2 aliphatic heterocycles. The highest BCUT2D eigenvalue weighted by atomic mass is 16.7. The lowest BCUT2D eigenvalue weighted by Crippen LogP contribution is -2.53. The zero-order valence-electron chi connectivity index (χ0n) is 33.9. The molecule has 0 radical (unpaired) electrons. The molecule has 0 saturated carbocycles. The van der Waals surface area contributed by atoms with Crippen molar-refractivity contribution in [2.45, 2.75) is 96.5 Å². The Hall–Kier alpha value is -5.15. The Morgan fingerprint density at radius 2 is 1.17 bits per heavy atom. The third-order valence-corrected chi connectivity index (χ3v) is 9.72. The molecule has 0 spiro atoms. The van der Waals surface area contributed by atoms with Crippen LogP contribution in [-0.4, -0.2) is 86.3 Å². The van der Waals surface area contributed by atoms with Gasteiger partial charge in [0.2, 0.25) is 0 Å². The second kappa shape index (κ2) is 23.4. The minimum Gasteiger partial charge on any atom is -0.497 e. The minimum absolute atomic E-state index is 0.0583. The Balaban J connectivity index is 0.000000224. The monoisotopic (exact) mass is 814 g/mol. The third-order valence-electron chi connectivity index (χ3n) is 9.72. The molecule has 4 aromatic carbocycles. The molecule has 59 heavy (non-hydrogen) atoms. The minimum atomic E-state index is -1.20. The van der Waals surface area contributed by atoms with E-state index in [9.17, 15) is 19.5 Å². The molecule has 2 aliphatic rings. The fraction of sp³-hybridized carbons (Fsp3) is 0.413. The third kappa shape index (κ3) is 14.6. The van der Waals surface area contributed by atoms with Crippen molar-refractivity contribution in [2.24, 2.45) is 5.92 Å². The average Bonchev–Trinajstić information content (AvgIpc) is 3.25. The summed E-state index contributed by atoms with van der Waals surface area (Å²) in [6.07, 6.45) is -4.18. The van der Waals surface area contributed by atoms with Crippen molar-refractivity contribution in [3.05, 3.63) is 138 Å². The van der Waals surface area contributed by atoms with Crippen molar-refractivity contribution < 1.29 is 62.1 Å². The van der Waals surface area contributed by atoms with Crippen molar-refractivity contribution >= 4 is 17.9 Å². The Morgan fingerprint density at radius 1 is 0.644 bits per heavy atom. The molecule has 6 rings (SSSR count). The highest BCUT2D eigenvalue weighted by Gasteiger charge is 2.44. The largest absolute Gasteiger partial charge is 0.497 e. The average molecular weight is 815 g/mol. The number of carbonyl (C=O) groups is 3. The maximum Gasteiger partial charge on any atom is 0.335 e. The number of ether oxygens (including phenoxy) is 9. The molecule has 13 nitrogen and oxygen atoms in total. The summed E-state index contributed by atoms with van der Waals surface area (Å²) in [4.78, 5) is 35.2. The van der Waals surface area contributed by atoms with Crippen molar-refractivity contribution in [1.82, 2.24) is 0 Å². The fourth-order valence-electron chi connectivity index (χ4n) is 6.66. The molecule has 0 amide bonds. The molecule has 13 heteroatoms. The van der Waals surface area contributed by atoms with Gasteiger partial charge in [0.05, 0.1) is 45.7 Å². The Bertz CT molecular complexity index is 1840. The van der Waals surface area contributed by atoms with Crippen LogP contribution in [0, 0.1) is 5.92 Å². The van der Waals surface area contributed by atoms with Gasteiger partial charge in [-0.3, -0.25) is 9.59 Å². The van der Waals surface area contributed by atoms with E-state index in [0.29, 0.717) is 19.6 Å². The normalized spacial score (nSPS) is 23.8. The van der Waals surface area contributed by atoms with E-state index in [0.717, 1.165) is 28.0 Å². The number of methoxy groups -OCH3 is 1. The molecular formula is C46H54O13. The van der Waals surface area contributed by atoms with Crippen LogP contribution in [0.5, 0.6) is 5.75 Å². The van der Waals surface area contributed by atoms with E-state index in [1.807, 2.05) is 122 Å². The van der Waals surface area contributed by atoms with Crippen LogP contribution in [0.4, 0.5) is 0 Å². The molecule has 4 aromatic rings. The van der Waals surface area contributed by atoms with Crippen LogP contribution in [0.2, 0.25) is 0 Å². The van der Waals surface area contributed by atoms with Crippen molar-refractivity contribution in [2.75, 3.05) is 20.3 Å². The van der Waals surface area contributed by atoms with Crippen molar-refractivity contribution in [1.29, 1.82) is 0 Å². The van der Waals surface area contributed by atoms with Gasteiger partial charge in [-0.15, -0.1) is 0 Å². The molecule has 316 valence electrons. The smallest absolute Gasteiger partial charge is 0.335 e. The first kappa shape index (κ1) is 44.9. The number of benzene rings is 4. The molecule has 0 aliphatic carbocycles. The number of hydrogen-bond acceptors (Lipinski definition) is 13. The second-order valence-electron chi connectivity index (χ2n) is 14.3. The number of aliphatic hydroxyl groups excluding tert-OH is 1. The summed E-state index contributed by atoms with van der Waals surface area (Å²) >= 11 is 0. The second-order valence-corrected chi connectivity index (χ2v) is 14.3. The van der Waals surface area contributed by atoms with Gasteiger partial charge in [0.25, 0.3) is 0 Å². The molecule has 1 N–H and O–H groups in total. The lowest BCUT2D eigenvalue weighted by Gasteiger charge is -2.39. The SMILES string of the molecule is CC(=O)OC1COC(C(=O)OCc2ccccc2)[C@@H](C)[C@H]1OCc1ccccc1.COc1ccc(COC2C(O)OC(COC(C)=O)C[C@H]2OCc2ccccc2)cc1. The summed E-state index contributed by atoms with van der Waals surface area (Å²) in [6, 6.07) is 36.4. The van der Waals surface area contributed by atoms with E-state index in [1.54, 1.807) is 7.11 Å². The molecule has 0 aromatic heterocycles. The van der Waals surface area contributed by atoms with E-state index in [1.165, 1.54) is 13.8 Å². The summed E-state index contributed by atoms with van der Waals surface area (Å²) < 4.78 is 50.5. The van der Waals surface area contributed by atoms with Gasteiger partial charge in [0.15, 0.2) is 18.5 Å². The first-order chi connectivity index (χ1) is 28.6. The summed E-state index contributed by atoms with van der Waals surface area (Å²) in [5, 5.41) is 10.5. The topological polar surface area (TPSA) is 155 Å². The van der Waals surface area contributed by atoms with Gasteiger partial charge in [-0.25, -0.2) is 4.79 Å². The van der Waals surface area contributed by atoms with Gasteiger partial charge in [-0.2, -0.15) is 0 Å². The van der Waals surface area contributed by atoms with E-state index in [4.69, 9.17) is 42.6 Å². The molecule has 8 atom stereocenters. The van der Waals surface area contributed by atoms with Gasteiger partial charge in [0.1, 0.15) is 31.2 Å². The molecule has 5 unspecified atom stereocenters. The summed E-state index contributed by atoms with van der Waals surface area (Å²) in [6.45, 7) is 5.85. The fourth-order valence-corrected chi connectivity index (χ4v) is 6.66. The van der Waals surface area contributed by atoms with Crippen molar-refractivity contribution in [3.8, 4) is 5.75 Å². The molecule has 0 bridgehead atoms.